The van der Waals surface area contributed by atoms with Gasteiger partial charge in [-0.3, -0.25) is 0 Å². The molecule has 2 aromatic rings. The molecule has 0 amide bonds. The van der Waals surface area contributed by atoms with Gasteiger partial charge >= 0.3 is 0 Å². The fourth-order valence-electron chi connectivity index (χ4n) is 1.90. The minimum atomic E-state index is -3.53. The van der Waals surface area contributed by atoms with Crippen molar-refractivity contribution in [3.05, 3.63) is 41.9 Å². The van der Waals surface area contributed by atoms with Crippen LogP contribution in [0.1, 0.15) is 18.3 Å². The lowest BCUT2D eigenvalue weighted by Crippen LogP contribution is -2.26. The van der Waals surface area contributed by atoms with Crippen molar-refractivity contribution in [2.75, 3.05) is 13.7 Å². The van der Waals surface area contributed by atoms with Crippen LogP contribution in [0.4, 0.5) is 0 Å². The summed E-state index contributed by atoms with van der Waals surface area (Å²) in [7, 11) is -1.93. The molecule has 0 atom stereocenters. The van der Waals surface area contributed by atoms with E-state index >= 15 is 0 Å². The molecule has 1 aromatic carbocycles. The first-order valence-corrected chi connectivity index (χ1v) is 8.20. The molecule has 0 spiro atoms. The molecule has 6 nitrogen and oxygen atoms in total. The number of sulfonamides is 1. The summed E-state index contributed by atoms with van der Waals surface area (Å²) in [5, 5.41) is 0.102. The molecule has 114 valence electrons. The van der Waals surface area contributed by atoms with E-state index in [4.69, 9.17) is 4.74 Å². The summed E-state index contributed by atoms with van der Waals surface area (Å²) in [5.74, 6) is 1.42. The topological polar surface area (TPSA) is 84.1 Å². The van der Waals surface area contributed by atoms with Gasteiger partial charge in [0.25, 0.3) is 10.0 Å². The summed E-state index contributed by atoms with van der Waals surface area (Å²) < 4.78 is 31.8. The van der Waals surface area contributed by atoms with Crippen LogP contribution < -0.4 is 9.46 Å². The maximum Gasteiger partial charge on any atom is 0.257 e. The quantitative estimate of drug-likeness (QED) is 0.812. The van der Waals surface area contributed by atoms with E-state index < -0.39 is 10.0 Å². The van der Waals surface area contributed by atoms with Gasteiger partial charge in [0.2, 0.25) is 0 Å². The Kier molecular flexibility index (Phi) is 4.98. The molecule has 0 unspecified atom stereocenters. The zero-order valence-electron chi connectivity index (χ0n) is 12.1. The number of imidazole rings is 1. The van der Waals surface area contributed by atoms with Crippen molar-refractivity contribution in [2.45, 2.75) is 24.8 Å². The summed E-state index contributed by atoms with van der Waals surface area (Å²) in [6, 6.07) is 7.55. The number of rotatable bonds is 7. The minimum absolute atomic E-state index is 0.102. The van der Waals surface area contributed by atoms with E-state index in [0.717, 1.165) is 11.3 Å². The Morgan fingerprint density at radius 1 is 1.38 bits per heavy atom. The molecule has 1 aromatic heterocycles. The van der Waals surface area contributed by atoms with Gasteiger partial charge in [-0.15, -0.1) is 0 Å². The molecule has 21 heavy (non-hydrogen) atoms. The van der Waals surface area contributed by atoms with Gasteiger partial charge in [-0.25, -0.2) is 18.1 Å². The molecule has 7 heteroatoms. The van der Waals surface area contributed by atoms with Crippen LogP contribution in [0.2, 0.25) is 0 Å². The Bertz CT molecular complexity index is 695. The van der Waals surface area contributed by atoms with Crippen LogP contribution in [-0.4, -0.2) is 32.0 Å². The zero-order chi connectivity index (χ0) is 15.3. The van der Waals surface area contributed by atoms with E-state index in [-0.39, 0.29) is 5.03 Å². The number of hydrogen-bond donors (Lipinski definition) is 2. The minimum Gasteiger partial charge on any atom is -0.497 e. The van der Waals surface area contributed by atoms with Crippen molar-refractivity contribution in [1.29, 1.82) is 0 Å². The molecule has 0 fully saturated rings. The van der Waals surface area contributed by atoms with E-state index in [2.05, 4.69) is 14.7 Å². The van der Waals surface area contributed by atoms with Crippen LogP contribution in [0.15, 0.2) is 35.5 Å². The van der Waals surface area contributed by atoms with Crippen LogP contribution >= 0.6 is 0 Å². The zero-order valence-corrected chi connectivity index (χ0v) is 12.9. The summed E-state index contributed by atoms with van der Waals surface area (Å²) in [6.07, 6.45) is 2.59. The van der Waals surface area contributed by atoms with Crippen LogP contribution in [0.3, 0.4) is 0 Å². The third kappa shape index (κ3) is 4.05. The monoisotopic (exact) mass is 309 g/mol. The number of ether oxygens (including phenoxy) is 1. The van der Waals surface area contributed by atoms with E-state index in [1.807, 2.05) is 31.2 Å². The highest BCUT2D eigenvalue weighted by Crippen LogP contribution is 2.13. The molecule has 0 aliphatic carbocycles. The van der Waals surface area contributed by atoms with Gasteiger partial charge in [-0.1, -0.05) is 19.1 Å². The normalized spacial score (nSPS) is 11.5. The van der Waals surface area contributed by atoms with Crippen molar-refractivity contribution in [1.82, 2.24) is 14.7 Å². The second-order valence-corrected chi connectivity index (χ2v) is 6.28. The largest absolute Gasteiger partial charge is 0.497 e. The maximum atomic E-state index is 12.1. The first-order valence-electron chi connectivity index (χ1n) is 6.71. The fourth-order valence-corrected chi connectivity index (χ4v) is 2.86. The highest BCUT2D eigenvalue weighted by molar-refractivity contribution is 7.89. The van der Waals surface area contributed by atoms with Crippen molar-refractivity contribution < 1.29 is 13.2 Å². The third-order valence-electron chi connectivity index (χ3n) is 3.07. The molecule has 2 N–H and O–H groups in total. The summed E-state index contributed by atoms with van der Waals surface area (Å²) in [6.45, 7) is 2.22. The van der Waals surface area contributed by atoms with E-state index in [1.54, 1.807) is 7.11 Å². The van der Waals surface area contributed by atoms with Gasteiger partial charge < -0.3 is 9.72 Å². The van der Waals surface area contributed by atoms with Gasteiger partial charge in [0.05, 0.1) is 13.3 Å². The number of nitrogens with zero attached hydrogens (tertiary/aromatic N) is 1. The smallest absolute Gasteiger partial charge is 0.257 e. The molecular formula is C14H19N3O3S. The third-order valence-corrected chi connectivity index (χ3v) is 4.44. The lowest BCUT2D eigenvalue weighted by atomic mass is 10.1. The Hall–Kier alpha value is -1.86. The van der Waals surface area contributed by atoms with Gasteiger partial charge in [-0.05, 0) is 24.1 Å². The Morgan fingerprint density at radius 3 is 2.86 bits per heavy atom. The number of methoxy groups -OCH3 is 1. The lowest BCUT2D eigenvalue weighted by molar-refractivity contribution is 0.414. The van der Waals surface area contributed by atoms with Crippen molar-refractivity contribution >= 4 is 10.0 Å². The number of H-pyrrole nitrogens is 1. The van der Waals surface area contributed by atoms with Crippen LogP contribution in [-0.2, 0) is 22.9 Å². The Morgan fingerprint density at radius 2 is 2.19 bits per heavy atom. The molecule has 0 bridgehead atoms. The summed E-state index contributed by atoms with van der Waals surface area (Å²) in [5.41, 5.74) is 1.01. The summed E-state index contributed by atoms with van der Waals surface area (Å²) >= 11 is 0. The molecule has 0 saturated carbocycles. The van der Waals surface area contributed by atoms with E-state index in [9.17, 15) is 8.42 Å². The molecule has 2 rings (SSSR count). The predicted molar refractivity (Wildman–Crippen MR) is 79.9 cm³/mol. The van der Waals surface area contributed by atoms with Gasteiger partial charge in [-0.2, -0.15) is 0 Å². The number of aryl methyl sites for hydroxylation is 1. The van der Waals surface area contributed by atoms with Gasteiger partial charge in [0.1, 0.15) is 11.6 Å². The lowest BCUT2D eigenvalue weighted by Gasteiger charge is -2.06. The maximum absolute atomic E-state index is 12.1. The van der Waals surface area contributed by atoms with Crippen LogP contribution in [0, 0.1) is 0 Å². The van der Waals surface area contributed by atoms with Crippen LogP contribution in [0.5, 0.6) is 5.75 Å². The molecule has 1 heterocycles. The fraction of sp³-hybridized carbons (Fsp3) is 0.357. The number of benzene rings is 1. The first-order chi connectivity index (χ1) is 10.0. The number of aromatic nitrogens is 2. The average Bonchev–Trinajstić information content (AvgIpc) is 2.97. The number of hydrogen-bond acceptors (Lipinski definition) is 4. The first kappa shape index (κ1) is 15.5. The van der Waals surface area contributed by atoms with E-state index in [1.165, 1.54) is 6.20 Å². The van der Waals surface area contributed by atoms with Gasteiger partial charge in [0, 0.05) is 13.0 Å². The number of aromatic amines is 1. The van der Waals surface area contributed by atoms with E-state index in [0.29, 0.717) is 25.2 Å². The molecule has 0 radical (unpaired) electrons. The van der Waals surface area contributed by atoms with Crippen molar-refractivity contribution in [3.63, 3.8) is 0 Å². The molecule has 0 saturated heterocycles. The van der Waals surface area contributed by atoms with Gasteiger partial charge in [0.15, 0.2) is 5.03 Å². The van der Waals surface area contributed by atoms with Crippen molar-refractivity contribution in [2.24, 2.45) is 0 Å². The second kappa shape index (κ2) is 6.73. The SMILES string of the molecule is CCc1ncc(S(=O)(=O)NCCc2cccc(OC)c2)[nH]1. The second-order valence-electron chi connectivity index (χ2n) is 4.55. The Labute approximate surface area is 124 Å². The standard InChI is InChI=1S/C14H19N3O3S/c1-3-13-15-10-14(17-13)21(18,19)16-8-7-11-5-4-6-12(9-11)20-2/h4-6,9-10,16H,3,7-8H2,1-2H3,(H,15,17). The molecule has 0 aliphatic heterocycles. The Balaban J connectivity index is 1.95. The predicted octanol–water partition coefficient (Wildman–Crippen LogP) is 1.50. The average molecular weight is 309 g/mol. The number of nitrogens with one attached hydrogen (secondary N) is 2. The molecule has 0 aliphatic rings. The van der Waals surface area contributed by atoms with Crippen LogP contribution in [0.25, 0.3) is 0 Å². The highest BCUT2D eigenvalue weighted by atomic mass is 32.2. The molecular weight excluding hydrogens is 290 g/mol. The van der Waals surface area contributed by atoms with Crippen molar-refractivity contribution in [3.8, 4) is 5.75 Å². The summed E-state index contributed by atoms with van der Waals surface area (Å²) in [4.78, 5) is 6.79. The highest BCUT2D eigenvalue weighted by Gasteiger charge is 2.16.